The molecule has 0 bridgehead atoms. The summed E-state index contributed by atoms with van der Waals surface area (Å²) in [6, 6.07) is 14.2. The van der Waals surface area contributed by atoms with Crippen molar-refractivity contribution in [3.63, 3.8) is 0 Å². The second-order valence-corrected chi connectivity index (χ2v) is 7.71. The second kappa shape index (κ2) is 7.50. The molecule has 1 aromatic heterocycles. The van der Waals surface area contributed by atoms with E-state index in [0.29, 0.717) is 22.8 Å². The topological polar surface area (TPSA) is 59.2 Å². The zero-order valence-corrected chi connectivity index (χ0v) is 15.5. The molecule has 134 valence electrons. The van der Waals surface area contributed by atoms with E-state index in [1.807, 2.05) is 35.2 Å². The van der Waals surface area contributed by atoms with Gasteiger partial charge in [0, 0.05) is 18.7 Å². The first-order valence-electron chi connectivity index (χ1n) is 8.92. The van der Waals surface area contributed by atoms with Crippen LogP contribution in [0.3, 0.4) is 0 Å². The highest BCUT2D eigenvalue weighted by atomic mass is 32.2. The van der Waals surface area contributed by atoms with Crippen molar-refractivity contribution in [2.45, 2.75) is 25.0 Å². The first kappa shape index (κ1) is 17.1. The number of likely N-dealkylation sites (tertiary alicyclic amines) is 1. The highest BCUT2D eigenvalue weighted by Gasteiger charge is 2.21. The minimum absolute atomic E-state index is 0.146. The number of rotatable bonds is 4. The van der Waals surface area contributed by atoms with E-state index in [1.165, 1.54) is 17.1 Å². The number of hydrogen-bond donors (Lipinski definition) is 0. The molecule has 1 amide bonds. The van der Waals surface area contributed by atoms with E-state index in [-0.39, 0.29) is 5.91 Å². The van der Waals surface area contributed by atoms with Crippen LogP contribution < -0.4 is 0 Å². The third kappa shape index (κ3) is 3.75. The molecule has 0 N–H and O–H groups in total. The number of benzene rings is 2. The van der Waals surface area contributed by atoms with Crippen molar-refractivity contribution in [3.8, 4) is 11.5 Å². The Hall–Kier alpha value is -2.34. The average Bonchev–Trinajstić information content (AvgIpc) is 3.15. The van der Waals surface area contributed by atoms with Gasteiger partial charge in [0.2, 0.25) is 11.8 Å². The molecule has 6 heteroatoms. The summed E-state index contributed by atoms with van der Waals surface area (Å²) in [6.45, 7) is 3.95. The number of piperidine rings is 1. The van der Waals surface area contributed by atoms with Crippen molar-refractivity contribution >= 4 is 28.4 Å². The van der Waals surface area contributed by atoms with Gasteiger partial charge in [-0.05, 0) is 41.7 Å². The van der Waals surface area contributed by atoms with Gasteiger partial charge in [-0.25, -0.2) is 0 Å². The summed E-state index contributed by atoms with van der Waals surface area (Å²) < 4.78 is 5.74. The smallest absolute Gasteiger partial charge is 0.277 e. The van der Waals surface area contributed by atoms with Gasteiger partial charge in [-0.1, -0.05) is 49.0 Å². The Bertz CT molecular complexity index is 916. The van der Waals surface area contributed by atoms with Crippen LogP contribution in [-0.2, 0) is 4.79 Å². The number of thioether (sulfide) groups is 1. The third-order valence-electron chi connectivity index (χ3n) is 4.86. The van der Waals surface area contributed by atoms with E-state index in [4.69, 9.17) is 4.42 Å². The lowest BCUT2D eigenvalue weighted by Crippen LogP contribution is -2.38. The normalized spacial score (nSPS) is 15.5. The molecule has 0 unspecified atom stereocenters. The first-order chi connectivity index (χ1) is 12.7. The van der Waals surface area contributed by atoms with Gasteiger partial charge >= 0.3 is 0 Å². The zero-order chi connectivity index (χ0) is 17.9. The summed E-state index contributed by atoms with van der Waals surface area (Å²) in [4.78, 5) is 14.3. The van der Waals surface area contributed by atoms with Crippen LogP contribution in [-0.4, -0.2) is 39.8 Å². The maximum absolute atomic E-state index is 12.3. The molecular weight excluding hydrogens is 346 g/mol. The zero-order valence-electron chi connectivity index (χ0n) is 14.7. The van der Waals surface area contributed by atoms with E-state index in [1.54, 1.807) is 0 Å². The maximum atomic E-state index is 12.3. The number of carbonyl (C=O) groups is 1. The molecule has 0 atom stereocenters. The van der Waals surface area contributed by atoms with Gasteiger partial charge in [0.15, 0.2) is 0 Å². The number of aromatic nitrogens is 2. The highest BCUT2D eigenvalue weighted by molar-refractivity contribution is 7.99. The minimum atomic E-state index is 0.146. The summed E-state index contributed by atoms with van der Waals surface area (Å²) in [7, 11) is 0. The minimum Gasteiger partial charge on any atom is -0.411 e. The quantitative estimate of drug-likeness (QED) is 0.646. The number of carbonyl (C=O) groups excluding carboxylic acids is 1. The Labute approximate surface area is 156 Å². The van der Waals surface area contributed by atoms with E-state index in [9.17, 15) is 4.79 Å². The summed E-state index contributed by atoms with van der Waals surface area (Å²) >= 11 is 1.31. The van der Waals surface area contributed by atoms with Gasteiger partial charge in [-0.3, -0.25) is 4.79 Å². The summed E-state index contributed by atoms with van der Waals surface area (Å²) in [5.74, 6) is 1.69. The monoisotopic (exact) mass is 367 g/mol. The molecule has 3 aromatic rings. The van der Waals surface area contributed by atoms with Gasteiger partial charge in [0.05, 0.1) is 5.75 Å². The van der Waals surface area contributed by atoms with Crippen LogP contribution in [0.1, 0.15) is 19.8 Å². The largest absolute Gasteiger partial charge is 0.411 e. The Balaban J connectivity index is 1.40. The molecule has 26 heavy (non-hydrogen) atoms. The summed E-state index contributed by atoms with van der Waals surface area (Å²) in [5.41, 5.74) is 0.888. The lowest BCUT2D eigenvalue weighted by atomic mass is 9.99. The van der Waals surface area contributed by atoms with Gasteiger partial charge in [0.1, 0.15) is 0 Å². The lowest BCUT2D eigenvalue weighted by Gasteiger charge is -2.30. The fourth-order valence-corrected chi connectivity index (χ4v) is 3.85. The van der Waals surface area contributed by atoms with Crippen LogP contribution in [0.2, 0.25) is 0 Å². The van der Waals surface area contributed by atoms with Gasteiger partial charge in [0.25, 0.3) is 5.22 Å². The van der Waals surface area contributed by atoms with Crippen molar-refractivity contribution in [1.29, 1.82) is 0 Å². The molecule has 0 saturated carbocycles. The standard InChI is InChI=1S/C20H21N3O2S/c1-14-8-10-23(11-9-14)18(24)13-26-20-22-21-19(25-20)17-7-6-15-4-2-3-5-16(15)12-17/h2-7,12,14H,8-11,13H2,1H3. The van der Waals surface area contributed by atoms with Crippen LogP contribution in [0.15, 0.2) is 52.1 Å². The Morgan fingerprint density at radius 3 is 2.73 bits per heavy atom. The van der Waals surface area contributed by atoms with E-state index in [0.717, 1.165) is 36.9 Å². The van der Waals surface area contributed by atoms with Crippen LogP contribution in [0, 0.1) is 5.92 Å². The van der Waals surface area contributed by atoms with Crippen molar-refractivity contribution < 1.29 is 9.21 Å². The van der Waals surface area contributed by atoms with Crippen LogP contribution in [0.4, 0.5) is 0 Å². The predicted octanol–water partition coefficient (Wildman–Crippen LogP) is 4.24. The third-order valence-corrected chi connectivity index (χ3v) is 5.66. The Kier molecular flexibility index (Phi) is 4.93. The molecule has 1 fully saturated rings. The van der Waals surface area contributed by atoms with Crippen LogP contribution in [0.25, 0.3) is 22.2 Å². The maximum Gasteiger partial charge on any atom is 0.277 e. The van der Waals surface area contributed by atoms with Crippen molar-refractivity contribution in [2.24, 2.45) is 5.92 Å². The van der Waals surface area contributed by atoms with Crippen molar-refractivity contribution in [2.75, 3.05) is 18.8 Å². The van der Waals surface area contributed by atoms with Gasteiger partial charge < -0.3 is 9.32 Å². The van der Waals surface area contributed by atoms with E-state index < -0.39 is 0 Å². The first-order valence-corrected chi connectivity index (χ1v) is 9.91. The van der Waals surface area contributed by atoms with Gasteiger partial charge in [-0.2, -0.15) is 0 Å². The Morgan fingerprint density at radius 2 is 1.92 bits per heavy atom. The molecule has 0 spiro atoms. The number of nitrogens with zero attached hydrogens (tertiary/aromatic N) is 3. The summed E-state index contributed by atoms with van der Waals surface area (Å²) in [6.07, 6.45) is 2.17. The SMILES string of the molecule is CC1CCN(C(=O)CSc2nnc(-c3ccc4ccccc4c3)o2)CC1. The van der Waals surface area contributed by atoms with Crippen LogP contribution in [0.5, 0.6) is 0 Å². The molecular formula is C20H21N3O2S. The summed E-state index contributed by atoms with van der Waals surface area (Å²) in [5, 5.41) is 10.9. The van der Waals surface area contributed by atoms with Crippen molar-refractivity contribution in [1.82, 2.24) is 15.1 Å². The van der Waals surface area contributed by atoms with E-state index >= 15 is 0 Å². The number of amides is 1. The molecule has 1 aliphatic rings. The Morgan fingerprint density at radius 1 is 1.15 bits per heavy atom. The molecule has 0 aliphatic carbocycles. The van der Waals surface area contributed by atoms with Crippen molar-refractivity contribution in [3.05, 3.63) is 42.5 Å². The highest BCUT2D eigenvalue weighted by Crippen LogP contribution is 2.26. The molecule has 2 heterocycles. The van der Waals surface area contributed by atoms with Gasteiger partial charge in [-0.15, -0.1) is 10.2 Å². The second-order valence-electron chi connectivity index (χ2n) is 6.79. The fourth-order valence-electron chi connectivity index (χ4n) is 3.18. The molecule has 2 aromatic carbocycles. The molecule has 1 saturated heterocycles. The average molecular weight is 367 g/mol. The molecule has 4 rings (SSSR count). The van der Waals surface area contributed by atoms with Crippen LogP contribution >= 0.6 is 11.8 Å². The number of fused-ring (bicyclic) bond motifs is 1. The number of hydrogen-bond acceptors (Lipinski definition) is 5. The van der Waals surface area contributed by atoms with E-state index in [2.05, 4.69) is 29.3 Å². The fraction of sp³-hybridized carbons (Fsp3) is 0.350. The lowest BCUT2D eigenvalue weighted by molar-refractivity contribution is -0.129. The predicted molar refractivity (Wildman–Crippen MR) is 103 cm³/mol. The molecule has 0 radical (unpaired) electrons. The molecule has 1 aliphatic heterocycles. The molecule has 5 nitrogen and oxygen atoms in total.